The fourth-order valence-corrected chi connectivity index (χ4v) is 3.13. The first kappa shape index (κ1) is 16.3. The molecule has 0 radical (unpaired) electrons. The van der Waals surface area contributed by atoms with Crippen molar-refractivity contribution < 1.29 is 9.21 Å². The average molecular weight is 325 g/mol. The van der Waals surface area contributed by atoms with Crippen molar-refractivity contribution in [3.05, 3.63) is 52.7 Å². The number of benzene rings is 1. The van der Waals surface area contributed by atoms with E-state index in [2.05, 4.69) is 20.9 Å². The molecular formula is C19H23N3O2. The predicted molar refractivity (Wildman–Crippen MR) is 94.3 cm³/mol. The van der Waals surface area contributed by atoms with Gasteiger partial charge in [-0.1, -0.05) is 12.1 Å². The maximum Gasteiger partial charge on any atom is 0.255 e. The van der Waals surface area contributed by atoms with Gasteiger partial charge in [0.25, 0.3) is 5.91 Å². The lowest BCUT2D eigenvalue weighted by Gasteiger charge is -2.08. The van der Waals surface area contributed by atoms with E-state index in [1.165, 1.54) is 0 Å². The molecule has 5 heteroatoms. The van der Waals surface area contributed by atoms with Crippen molar-refractivity contribution >= 4 is 16.9 Å². The number of aryl methyl sites for hydroxylation is 4. The van der Waals surface area contributed by atoms with Crippen LogP contribution < -0.4 is 5.32 Å². The lowest BCUT2D eigenvalue weighted by Crippen LogP contribution is -2.26. The van der Waals surface area contributed by atoms with Crippen molar-refractivity contribution in [1.82, 2.24) is 14.9 Å². The minimum atomic E-state index is -0.0611. The zero-order valence-electron chi connectivity index (χ0n) is 14.6. The summed E-state index contributed by atoms with van der Waals surface area (Å²) in [6, 6.07) is 8.12. The van der Waals surface area contributed by atoms with Crippen LogP contribution >= 0.6 is 0 Å². The van der Waals surface area contributed by atoms with Crippen LogP contribution in [0.5, 0.6) is 0 Å². The minimum absolute atomic E-state index is 0.0611. The van der Waals surface area contributed by atoms with Gasteiger partial charge in [0.1, 0.15) is 17.3 Å². The summed E-state index contributed by atoms with van der Waals surface area (Å²) in [6.45, 7) is 9.09. The van der Waals surface area contributed by atoms with Crippen LogP contribution in [0.1, 0.15) is 39.7 Å². The number of fused-ring (bicyclic) bond motifs is 1. The van der Waals surface area contributed by atoms with E-state index in [1.807, 2.05) is 45.9 Å². The Balaban J connectivity index is 1.61. The van der Waals surface area contributed by atoms with Crippen LogP contribution in [0, 0.1) is 27.7 Å². The van der Waals surface area contributed by atoms with E-state index in [0.29, 0.717) is 17.9 Å². The molecule has 3 aromatic rings. The molecule has 0 fully saturated rings. The molecule has 0 saturated carbocycles. The second kappa shape index (κ2) is 6.51. The van der Waals surface area contributed by atoms with Gasteiger partial charge in [0.2, 0.25) is 0 Å². The third kappa shape index (κ3) is 2.94. The molecule has 1 aromatic carbocycles. The summed E-state index contributed by atoms with van der Waals surface area (Å²) in [5.41, 5.74) is 3.73. The maximum absolute atomic E-state index is 12.4. The standard InChI is InChI=1S/C19H23N3O2/c1-12-13(2)24-14(3)18(12)19(23)20-10-7-11-22-15(4)21-16-8-5-6-9-17(16)22/h5-6,8-9H,7,10-11H2,1-4H3,(H,20,23). The minimum Gasteiger partial charge on any atom is -0.466 e. The highest BCUT2D eigenvalue weighted by Crippen LogP contribution is 2.20. The molecule has 5 nitrogen and oxygen atoms in total. The Morgan fingerprint density at radius 1 is 1.17 bits per heavy atom. The fraction of sp³-hybridized carbons (Fsp3) is 0.368. The maximum atomic E-state index is 12.4. The van der Waals surface area contributed by atoms with Crippen molar-refractivity contribution in [1.29, 1.82) is 0 Å². The van der Waals surface area contributed by atoms with Gasteiger partial charge >= 0.3 is 0 Å². The summed E-state index contributed by atoms with van der Waals surface area (Å²) < 4.78 is 7.72. The number of rotatable bonds is 5. The number of para-hydroxylation sites is 2. The van der Waals surface area contributed by atoms with Crippen molar-refractivity contribution in [3.63, 3.8) is 0 Å². The first-order chi connectivity index (χ1) is 11.5. The molecule has 0 bridgehead atoms. The van der Waals surface area contributed by atoms with E-state index in [0.717, 1.165) is 41.1 Å². The van der Waals surface area contributed by atoms with Gasteiger partial charge in [0.15, 0.2) is 0 Å². The highest BCUT2D eigenvalue weighted by molar-refractivity contribution is 5.96. The Kier molecular flexibility index (Phi) is 4.42. The fourth-order valence-electron chi connectivity index (χ4n) is 3.13. The van der Waals surface area contributed by atoms with Crippen LogP contribution in [-0.2, 0) is 6.54 Å². The molecule has 0 aliphatic carbocycles. The molecule has 0 spiro atoms. The number of carbonyl (C=O) groups is 1. The number of aromatic nitrogens is 2. The zero-order valence-corrected chi connectivity index (χ0v) is 14.6. The van der Waals surface area contributed by atoms with E-state index < -0.39 is 0 Å². The molecule has 1 amide bonds. The largest absolute Gasteiger partial charge is 0.466 e. The monoisotopic (exact) mass is 325 g/mol. The Hall–Kier alpha value is -2.56. The molecule has 1 N–H and O–H groups in total. The summed E-state index contributed by atoms with van der Waals surface area (Å²) >= 11 is 0. The Morgan fingerprint density at radius 3 is 2.62 bits per heavy atom. The Bertz CT molecular complexity index is 890. The predicted octanol–water partition coefficient (Wildman–Crippen LogP) is 3.68. The van der Waals surface area contributed by atoms with E-state index in [1.54, 1.807) is 0 Å². The number of carbonyl (C=O) groups excluding carboxylic acids is 1. The second-order valence-electron chi connectivity index (χ2n) is 6.12. The van der Waals surface area contributed by atoms with Gasteiger partial charge in [-0.05, 0) is 46.2 Å². The molecule has 24 heavy (non-hydrogen) atoms. The van der Waals surface area contributed by atoms with Crippen LogP contribution in [0.4, 0.5) is 0 Å². The quantitative estimate of drug-likeness (QED) is 0.728. The number of furan rings is 1. The number of imidazole rings is 1. The van der Waals surface area contributed by atoms with Crippen LogP contribution in [-0.4, -0.2) is 22.0 Å². The third-order valence-electron chi connectivity index (χ3n) is 4.48. The highest BCUT2D eigenvalue weighted by atomic mass is 16.3. The van der Waals surface area contributed by atoms with Crippen LogP contribution in [0.25, 0.3) is 11.0 Å². The number of amides is 1. The molecular weight excluding hydrogens is 302 g/mol. The average Bonchev–Trinajstić information content (AvgIpc) is 2.99. The number of hydrogen-bond donors (Lipinski definition) is 1. The zero-order chi connectivity index (χ0) is 17.3. The van der Waals surface area contributed by atoms with Gasteiger partial charge in [0.05, 0.1) is 16.6 Å². The lowest BCUT2D eigenvalue weighted by atomic mass is 10.1. The van der Waals surface area contributed by atoms with Crippen LogP contribution in [0.3, 0.4) is 0 Å². The van der Waals surface area contributed by atoms with Gasteiger partial charge < -0.3 is 14.3 Å². The van der Waals surface area contributed by atoms with Gasteiger partial charge in [0, 0.05) is 18.7 Å². The number of nitrogens with zero attached hydrogens (tertiary/aromatic N) is 2. The van der Waals surface area contributed by atoms with Crippen molar-refractivity contribution in [3.8, 4) is 0 Å². The topological polar surface area (TPSA) is 60.1 Å². The Labute approximate surface area is 141 Å². The summed E-state index contributed by atoms with van der Waals surface area (Å²) in [5.74, 6) is 2.42. The van der Waals surface area contributed by atoms with E-state index in [9.17, 15) is 4.79 Å². The molecule has 2 aromatic heterocycles. The van der Waals surface area contributed by atoms with Crippen LogP contribution in [0.15, 0.2) is 28.7 Å². The normalized spacial score (nSPS) is 11.2. The third-order valence-corrected chi connectivity index (χ3v) is 4.48. The molecule has 0 aliphatic heterocycles. The molecule has 126 valence electrons. The second-order valence-corrected chi connectivity index (χ2v) is 6.12. The van der Waals surface area contributed by atoms with E-state index in [-0.39, 0.29) is 5.91 Å². The summed E-state index contributed by atoms with van der Waals surface area (Å²) in [6.07, 6.45) is 0.849. The summed E-state index contributed by atoms with van der Waals surface area (Å²) in [5, 5.41) is 2.99. The van der Waals surface area contributed by atoms with Gasteiger partial charge in [-0.25, -0.2) is 4.98 Å². The summed E-state index contributed by atoms with van der Waals surface area (Å²) in [4.78, 5) is 16.9. The molecule has 0 atom stereocenters. The number of hydrogen-bond acceptors (Lipinski definition) is 3. The molecule has 3 rings (SSSR count). The van der Waals surface area contributed by atoms with Crippen molar-refractivity contribution in [2.75, 3.05) is 6.54 Å². The highest BCUT2D eigenvalue weighted by Gasteiger charge is 2.18. The lowest BCUT2D eigenvalue weighted by molar-refractivity contribution is 0.0950. The SMILES string of the molecule is Cc1oc(C)c(C(=O)NCCCn2c(C)nc3ccccc32)c1C. The Morgan fingerprint density at radius 2 is 1.92 bits per heavy atom. The first-order valence-corrected chi connectivity index (χ1v) is 8.25. The summed E-state index contributed by atoms with van der Waals surface area (Å²) in [7, 11) is 0. The first-order valence-electron chi connectivity index (χ1n) is 8.25. The van der Waals surface area contributed by atoms with Gasteiger partial charge in [-0.15, -0.1) is 0 Å². The molecule has 0 saturated heterocycles. The van der Waals surface area contributed by atoms with Gasteiger partial charge in [-0.2, -0.15) is 0 Å². The van der Waals surface area contributed by atoms with Crippen molar-refractivity contribution in [2.45, 2.75) is 40.7 Å². The van der Waals surface area contributed by atoms with E-state index >= 15 is 0 Å². The smallest absolute Gasteiger partial charge is 0.255 e. The molecule has 0 unspecified atom stereocenters. The number of nitrogens with one attached hydrogen (secondary N) is 1. The molecule has 0 aliphatic rings. The van der Waals surface area contributed by atoms with Gasteiger partial charge in [-0.3, -0.25) is 4.79 Å². The molecule has 2 heterocycles. The van der Waals surface area contributed by atoms with E-state index in [4.69, 9.17) is 4.42 Å². The van der Waals surface area contributed by atoms with Crippen LogP contribution in [0.2, 0.25) is 0 Å². The van der Waals surface area contributed by atoms with Crippen molar-refractivity contribution in [2.24, 2.45) is 0 Å².